The van der Waals surface area contributed by atoms with E-state index in [0.717, 1.165) is 30.8 Å². The van der Waals surface area contributed by atoms with Crippen molar-refractivity contribution in [2.75, 3.05) is 33.4 Å². The van der Waals surface area contributed by atoms with Gasteiger partial charge >= 0.3 is 0 Å². The van der Waals surface area contributed by atoms with Crippen LogP contribution < -0.4 is 0 Å². The fourth-order valence-corrected chi connectivity index (χ4v) is 1.85. The summed E-state index contributed by atoms with van der Waals surface area (Å²) in [4.78, 5) is 2.19. The van der Waals surface area contributed by atoms with E-state index in [4.69, 9.17) is 15.1 Å². The molecule has 0 saturated heterocycles. The summed E-state index contributed by atoms with van der Waals surface area (Å²) < 4.78 is 5.09. The van der Waals surface area contributed by atoms with E-state index in [9.17, 15) is 0 Å². The van der Waals surface area contributed by atoms with Gasteiger partial charge in [0.1, 0.15) is 6.61 Å². The second-order valence-corrected chi connectivity index (χ2v) is 4.34. The van der Waals surface area contributed by atoms with E-state index in [1.807, 2.05) is 24.3 Å². The molecule has 0 fully saturated rings. The highest BCUT2D eigenvalue weighted by Crippen LogP contribution is 2.08. The maximum Gasteiger partial charge on any atom is 0.104 e. The van der Waals surface area contributed by atoms with E-state index >= 15 is 0 Å². The van der Waals surface area contributed by atoms with Crippen LogP contribution in [0.1, 0.15) is 17.5 Å². The van der Waals surface area contributed by atoms with Crippen LogP contribution in [-0.4, -0.2) is 43.4 Å². The van der Waals surface area contributed by atoms with E-state index in [-0.39, 0.29) is 6.61 Å². The van der Waals surface area contributed by atoms with E-state index in [1.54, 1.807) is 7.11 Å². The molecule has 106 valence electrons. The van der Waals surface area contributed by atoms with Gasteiger partial charge in [-0.2, -0.15) is 5.26 Å². The average Bonchev–Trinajstić information content (AvgIpc) is 2.48. The van der Waals surface area contributed by atoms with Crippen molar-refractivity contribution < 1.29 is 9.84 Å². The number of nitrogens with zero attached hydrogens (tertiary/aromatic N) is 2. The molecule has 0 saturated carbocycles. The summed E-state index contributed by atoms with van der Waals surface area (Å²) >= 11 is 0. The second-order valence-electron chi connectivity index (χ2n) is 4.34. The molecule has 0 aliphatic rings. The highest BCUT2D eigenvalue weighted by atomic mass is 16.5. The average molecular weight is 272 g/mol. The molecule has 1 rings (SSSR count). The standard InChI is InChI=1S/C16H20N2O2/c1-20-12-10-18(9-4-8-17)14-16-6-2-5-15(13-16)7-3-11-19/h2,5-6,13,19H,4,9-12,14H2,1H3. The van der Waals surface area contributed by atoms with Gasteiger partial charge in [-0.25, -0.2) is 0 Å². The van der Waals surface area contributed by atoms with Crippen molar-refractivity contribution in [1.29, 1.82) is 5.26 Å². The fraction of sp³-hybridized carbons (Fsp3) is 0.438. The molecule has 0 amide bonds. The zero-order chi connectivity index (χ0) is 14.6. The molecule has 0 bridgehead atoms. The number of benzene rings is 1. The molecule has 0 unspecified atom stereocenters. The summed E-state index contributed by atoms with van der Waals surface area (Å²) in [6.45, 7) is 2.80. The molecule has 0 spiro atoms. The van der Waals surface area contributed by atoms with Gasteiger partial charge in [-0.15, -0.1) is 0 Å². The normalized spacial score (nSPS) is 9.90. The first-order valence-corrected chi connectivity index (χ1v) is 6.57. The van der Waals surface area contributed by atoms with Crippen LogP contribution in [0.15, 0.2) is 24.3 Å². The van der Waals surface area contributed by atoms with Gasteiger partial charge in [0.2, 0.25) is 0 Å². The number of nitriles is 1. The van der Waals surface area contributed by atoms with Gasteiger partial charge in [0.05, 0.1) is 12.7 Å². The third kappa shape index (κ3) is 6.36. The van der Waals surface area contributed by atoms with E-state index in [1.165, 1.54) is 0 Å². The number of hydrogen-bond acceptors (Lipinski definition) is 4. The molecule has 1 aromatic rings. The lowest BCUT2D eigenvalue weighted by atomic mass is 10.1. The molecule has 1 aromatic carbocycles. The molecular weight excluding hydrogens is 252 g/mol. The Morgan fingerprint density at radius 3 is 2.90 bits per heavy atom. The summed E-state index contributed by atoms with van der Waals surface area (Å²) in [5.41, 5.74) is 2.03. The van der Waals surface area contributed by atoms with Crippen LogP contribution >= 0.6 is 0 Å². The number of methoxy groups -OCH3 is 1. The summed E-state index contributed by atoms with van der Waals surface area (Å²) in [6, 6.07) is 10.1. The van der Waals surface area contributed by atoms with E-state index < -0.39 is 0 Å². The molecule has 4 nitrogen and oxygen atoms in total. The minimum absolute atomic E-state index is 0.133. The van der Waals surface area contributed by atoms with Crippen LogP contribution in [0.2, 0.25) is 0 Å². The lowest BCUT2D eigenvalue weighted by Crippen LogP contribution is -2.28. The maximum atomic E-state index is 8.71. The molecule has 20 heavy (non-hydrogen) atoms. The van der Waals surface area contributed by atoms with Crippen LogP contribution in [-0.2, 0) is 11.3 Å². The first kappa shape index (κ1) is 16.2. The summed E-state index contributed by atoms with van der Waals surface area (Å²) in [6.07, 6.45) is 0.508. The van der Waals surface area contributed by atoms with Crippen LogP contribution in [0.3, 0.4) is 0 Å². The summed E-state index contributed by atoms with van der Waals surface area (Å²) in [5.74, 6) is 5.54. The number of aliphatic hydroxyl groups excluding tert-OH is 1. The Morgan fingerprint density at radius 1 is 1.35 bits per heavy atom. The molecule has 4 heteroatoms. The van der Waals surface area contributed by atoms with Crippen molar-refractivity contribution in [3.63, 3.8) is 0 Å². The van der Waals surface area contributed by atoms with E-state index in [0.29, 0.717) is 13.0 Å². The third-order valence-corrected chi connectivity index (χ3v) is 2.80. The molecule has 0 aliphatic heterocycles. The van der Waals surface area contributed by atoms with Gasteiger partial charge < -0.3 is 9.84 Å². The topological polar surface area (TPSA) is 56.5 Å². The number of aliphatic hydroxyl groups is 1. The fourth-order valence-electron chi connectivity index (χ4n) is 1.85. The summed E-state index contributed by atoms with van der Waals surface area (Å²) in [5, 5.41) is 17.4. The van der Waals surface area contributed by atoms with Crippen molar-refractivity contribution in [2.45, 2.75) is 13.0 Å². The number of hydrogen-bond donors (Lipinski definition) is 1. The van der Waals surface area contributed by atoms with Crippen molar-refractivity contribution in [1.82, 2.24) is 4.90 Å². The Morgan fingerprint density at radius 2 is 2.20 bits per heavy atom. The Balaban J connectivity index is 2.69. The van der Waals surface area contributed by atoms with Crippen LogP contribution in [0.25, 0.3) is 0 Å². The molecule has 0 aromatic heterocycles. The Kier molecular flexibility index (Phi) is 8.10. The monoisotopic (exact) mass is 272 g/mol. The smallest absolute Gasteiger partial charge is 0.104 e. The highest BCUT2D eigenvalue weighted by Gasteiger charge is 2.06. The van der Waals surface area contributed by atoms with Gasteiger partial charge in [0, 0.05) is 38.7 Å². The molecular formula is C16H20N2O2. The predicted octanol–water partition coefficient (Wildman–Crippen LogP) is 1.39. The SMILES string of the molecule is COCCN(CCC#N)Cc1cccc(C#CCO)c1. The second kappa shape index (κ2) is 10.00. The summed E-state index contributed by atoms with van der Waals surface area (Å²) in [7, 11) is 1.67. The third-order valence-electron chi connectivity index (χ3n) is 2.80. The first-order chi connectivity index (χ1) is 9.80. The van der Waals surface area contributed by atoms with Crippen LogP contribution in [0.4, 0.5) is 0 Å². The Hall–Kier alpha value is -1.85. The minimum atomic E-state index is -0.133. The predicted molar refractivity (Wildman–Crippen MR) is 77.8 cm³/mol. The van der Waals surface area contributed by atoms with Gasteiger partial charge in [-0.05, 0) is 17.7 Å². The highest BCUT2D eigenvalue weighted by molar-refractivity contribution is 5.37. The van der Waals surface area contributed by atoms with Crippen LogP contribution in [0.5, 0.6) is 0 Å². The molecule has 0 aliphatic carbocycles. The first-order valence-electron chi connectivity index (χ1n) is 6.57. The lowest BCUT2D eigenvalue weighted by Gasteiger charge is -2.20. The zero-order valence-electron chi connectivity index (χ0n) is 11.8. The van der Waals surface area contributed by atoms with Crippen LogP contribution in [0, 0.1) is 23.2 Å². The van der Waals surface area contributed by atoms with Gasteiger partial charge in [0.25, 0.3) is 0 Å². The van der Waals surface area contributed by atoms with Gasteiger partial charge in [-0.1, -0.05) is 24.0 Å². The molecule has 0 atom stereocenters. The Labute approximate surface area is 120 Å². The quantitative estimate of drug-likeness (QED) is 0.762. The van der Waals surface area contributed by atoms with E-state index in [2.05, 4.69) is 22.8 Å². The number of rotatable bonds is 7. The minimum Gasteiger partial charge on any atom is -0.384 e. The number of ether oxygens (including phenoxy) is 1. The van der Waals surface area contributed by atoms with Crippen molar-refractivity contribution >= 4 is 0 Å². The molecule has 1 N–H and O–H groups in total. The zero-order valence-corrected chi connectivity index (χ0v) is 11.8. The lowest BCUT2D eigenvalue weighted by molar-refractivity contribution is 0.145. The van der Waals surface area contributed by atoms with Gasteiger partial charge in [0.15, 0.2) is 0 Å². The van der Waals surface area contributed by atoms with Crippen molar-refractivity contribution in [3.8, 4) is 17.9 Å². The van der Waals surface area contributed by atoms with Crippen molar-refractivity contribution in [3.05, 3.63) is 35.4 Å². The Bertz CT molecular complexity index is 497. The van der Waals surface area contributed by atoms with Crippen molar-refractivity contribution in [2.24, 2.45) is 0 Å². The maximum absolute atomic E-state index is 8.71. The largest absolute Gasteiger partial charge is 0.384 e. The molecule has 0 heterocycles. The molecule has 0 radical (unpaired) electrons. The van der Waals surface area contributed by atoms with Gasteiger partial charge in [-0.3, -0.25) is 4.90 Å².